The van der Waals surface area contributed by atoms with Crippen LogP contribution in [0.1, 0.15) is 18.0 Å². The minimum Gasteiger partial charge on any atom is -0.493 e. The van der Waals surface area contributed by atoms with Crippen molar-refractivity contribution in [2.75, 3.05) is 14.2 Å². The lowest BCUT2D eigenvalue weighted by Gasteiger charge is -2.17. The van der Waals surface area contributed by atoms with Gasteiger partial charge in [-0.3, -0.25) is 0 Å². The molecular weight excluding hydrogens is 254 g/mol. The smallest absolute Gasteiger partial charge is 0.390 e. The highest BCUT2D eigenvalue weighted by molar-refractivity contribution is 5.44. The molecule has 1 rings (SSSR count). The van der Waals surface area contributed by atoms with Gasteiger partial charge in [-0.05, 0) is 6.07 Å². The van der Waals surface area contributed by atoms with Crippen LogP contribution in [0.15, 0.2) is 12.1 Å². The molecule has 0 heterocycles. The quantitative estimate of drug-likeness (QED) is 0.853. The van der Waals surface area contributed by atoms with E-state index in [1.807, 2.05) is 0 Å². The second kappa shape index (κ2) is 5.43. The van der Waals surface area contributed by atoms with E-state index in [0.717, 1.165) is 12.1 Å². The van der Waals surface area contributed by atoms with Gasteiger partial charge >= 0.3 is 6.18 Å². The lowest BCUT2D eigenvalue weighted by atomic mass is 10.0. The molecule has 7 heteroatoms. The van der Waals surface area contributed by atoms with Crippen LogP contribution in [0.4, 0.5) is 17.6 Å². The second-order valence-electron chi connectivity index (χ2n) is 3.65. The number of halogens is 4. The minimum absolute atomic E-state index is 0.0953. The van der Waals surface area contributed by atoms with Gasteiger partial charge in [-0.15, -0.1) is 0 Å². The SMILES string of the molecule is COc1cc(F)c([C@@H](N)CC(F)(F)F)cc1OC. The van der Waals surface area contributed by atoms with Gasteiger partial charge in [0, 0.05) is 17.7 Å². The summed E-state index contributed by atoms with van der Waals surface area (Å²) in [5.41, 5.74) is 5.08. The average molecular weight is 267 g/mol. The summed E-state index contributed by atoms with van der Waals surface area (Å²) in [6.45, 7) is 0. The average Bonchev–Trinajstić information content (AvgIpc) is 2.26. The predicted octanol–water partition coefficient (Wildman–Crippen LogP) is 2.80. The summed E-state index contributed by atoms with van der Waals surface area (Å²) < 4.78 is 59.9. The highest BCUT2D eigenvalue weighted by atomic mass is 19.4. The minimum atomic E-state index is -4.46. The van der Waals surface area contributed by atoms with Gasteiger partial charge in [-0.2, -0.15) is 13.2 Å². The Morgan fingerprint density at radius 1 is 1.17 bits per heavy atom. The molecule has 0 unspecified atom stereocenters. The van der Waals surface area contributed by atoms with Crippen molar-refractivity contribution in [3.05, 3.63) is 23.5 Å². The van der Waals surface area contributed by atoms with Crippen molar-refractivity contribution in [1.29, 1.82) is 0 Å². The third-order valence-electron chi connectivity index (χ3n) is 2.35. The van der Waals surface area contributed by atoms with E-state index in [9.17, 15) is 17.6 Å². The lowest BCUT2D eigenvalue weighted by molar-refractivity contribution is -0.138. The van der Waals surface area contributed by atoms with Crippen molar-refractivity contribution in [1.82, 2.24) is 0 Å². The highest BCUT2D eigenvalue weighted by Gasteiger charge is 2.32. The van der Waals surface area contributed by atoms with E-state index < -0.39 is 24.5 Å². The molecule has 0 spiro atoms. The van der Waals surface area contributed by atoms with Crippen molar-refractivity contribution in [3.8, 4) is 11.5 Å². The Balaban J connectivity index is 3.09. The van der Waals surface area contributed by atoms with Crippen LogP contribution in [0.25, 0.3) is 0 Å². The number of methoxy groups -OCH3 is 2. The lowest BCUT2D eigenvalue weighted by Crippen LogP contribution is -2.21. The number of hydrogen-bond acceptors (Lipinski definition) is 3. The maximum atomic E-state index is 13.6. The Morgan fingerprint density at radius 2 is 1.67 bits per heavy atom. The molecule has 0 amide bonds. The molecule has 0 bridgehead atoms. The van der Waals surface area contributed by atoms with Crippen LogP contribution < -0.4 is 15.2 Å². The zero-order valence-electron chi connectivity index (χ0n) is 9.84. The van der Waals surface area contributed by atoms with Gasteiger partial charge in [0.1, 0.15) is 5.82 Å². The molecule has 1 aromatic carbocycles. The van der Waals surface area contributed by atoms with Crippen LogP contribution in [0.3, 0.4) is 0 Å². The van der Waals surface area contributed by atoms with E-state index >= 15 is 0 Å². The number of benzene rings is 1. The molecular formula is C11H13F4NO2. The molecule has 18 heavy (non-hydrogen) atoms. The summed E-state index contributed by atoms with van der Waals surface area (Å²) in [5.74, 6) is -0.631. The van der Waals surface area contributed by atoms with E-state index in [0.29, 0.717) is 0 Å². The first-order valence-electron chi connectivity index (χ1n) is 5.02. The van der Waals surface area contributed by atoms with Gasteiger partial charge in [-0.25, -0.2) is 4.39 Å². The molecule has 0 aliphatic rings. The molecule has 0 aliphatic heterocycles. The Bertz CT molecular complexity index is 420. The fraction of sp³-hybridized carbons (Fsp3) is 0.455. The fourth-order valence-electron chi connectivity index (χ4n) is 1.51. The van der Waals surface area contributed by atoms with E-state index in [1.165, 1.54) is 14.2 Å². The van der Waals surface area contributed by atoms with Crippen LogP contribution in [-0.2, 0) is 0 Å². The number of rotatable bonds is 4. The summed E-state index contributed by atoms with van der Waals surface area (Å²) in [5, 5.41) is 0. The zero-order valence-corrected chi connectivity index (χ0v) is 9.84. The van der Waals surface area contributed by atoms with Crippen LogP contribution in [-0.4, -0.2) is 20.4 Å². The summed E-state index contributed by atoms with van der Waals surface area (Å²) >= 11 is 0. The monoisotopic (exact) mass is 267 g/mol. The third-order valence-corrected chi connectivity index (χ3v) is 2.35. The first-order chi connectivity index (χ1) is 8.28. The molecule has 1 aromatic rings. The van der Waals surface area contributed by atoms with Gasteiger partial charge in [0.15, 0.2) is 11.5 Å². The second-order valence-corrected chi connectivity index (χ2v) is 3.65. The van der Waals surface area contributed by atoms with Crippen molar-refractivity contribution in [3.63, 3.8) is 0 Å². The number of ether oxygens (including phenoxy) is 2. The third kappa shape index (κ3) is 3.49. The Labute approximate surface area is 101 Å². The first kappa shape index (κ1) is 14.6. The van der Waals surface area contributed by atoms with Crippen LogP contribution in [0, 0.1) is 5.82 Å². The number of nitrogens with two attached hydrogens (primary N) is 1. The number of alkyl halides is 3. The summed E-state index contributed by atoms with van der Waals surface area (Å²) in [7, 11) is 2.60. The molecule has 0 aromatic heterocycles. The van der Waals surface area contributed by atoms with E-state index in [1.54, 1.807) is 0 Å². The first-order valence-corrected chi connectivity index (χ1v) is 5.02. The molecule has 2 N–H and O–H groups in total. The summed E-state index contributed by atoms with van der Waals surface area (Å²) in [4.78, 5) is 0. The molecule has 1 atom stereocenters. The van der Waals surface area contributed by atoms with Gasteiger partial charge < -0.3 is 15.2 Å². The zero-order chi connectivity index (χ0) is 13.9. The van der Waals surface area contributed by atoms with Crippen molar-refractivity contribution in [2.24, 2.45) is 5.73 Å². The summed E-state index contributed by atoms with van der Waals surface area (Å²) in [6, 6.07) is 0.583. The molecule has 0 saturated heterocycles. The van der Waals surface area contributed by atoms with Crippen LogP contribution in [0.2, 0.25) is 0 Å². The van der Waals surface area contributed by atoms with Crippen molar-refractivity contribution >= 4 is 0 Å². The molecule has 0 fully saturated rings. The standard InChI is InChI=1S/C11H13F4NO2/c1-17-9-3-6(7(12)4-10(9)18-2)8(16)5-11(13,14)15/h3-4,8H,5,16H2,1-2H3/t8-/m0/s1. The molecule has 0 aliphatic carbocycles. The van der Waals surface area contributed by atoms with Crippen LogP contribution in [0.5, 0.6) is 11.5 Å². The van der Waals surface area contributed by atoms with Gasteiger partial charge in [0.05, 0.1) is 20.6 Å². The largest absolute Gasteiger partial charge is 0.493 e. The maximum Gasteiger partial charge on any atom is 0.390 e. The fourth-order valence-corrected chi connectivity index (χ4v) is 1.51. The van der Waals surface area contributed by atoms with E-state index in [4.69, 9.17) is 15.2 Å². The normalized spacial score (nSPS) is 13.3. The van der Waals surface area contributed by atoms with E-state index in [2.05, 4.69) is 0 Å². The highest BCUT2D eigenvalue weighted by Crippen LogP contribution is 2.35. The maximum absolute atomic E-state index is 13.6. The van der Waals surface area contributed by atoms with E-state index in [-0.39, 0.29) is 17.1 Å². The Morgan fingerprint density at radius 3 is 2.11 bits per heavy atom. The molecule has 0 radical (unpaired) electrons. The summed E-state index contributed by atoms with van der Waals surface area (Å²) in [6.07, 6.45) is -5.77. The number of hydrogen-bond donors (Lipinski definition) is 1. The molecule has 102 valence electrons. The topological polar surface area (TPSA) is 44.5 Å². The van der Waals surface area contributed by atoms with Gasteiger partial charge in [-0.1, -0.05) is 0 Å². The van der Waals surface area contributed by atoms with Crippen LogP contribution >= 0.6 is 0 Å². The van der Waals surface area contributed by atoms with Gasteiger partial charge in [0.25, 0.3) is 0 Å². The predicted molar refractivity (Wildman–Crippen MR) is 57.1 cm³/mol. The van der Waals surface area contributed by atoms with Crippen molar-refractivity contribution in [2.45, 2.75) is 18.6 Å². The van der Waals surface area contributed by atoms with Gasteiger partial charge in [0.2, 0.25) is 0 Å². The Kier molecular flexibility index (Phi) is 4.39. The molecule has 3 nitrogen and oxygen atoms in total. The Hall–Kier alpha value is -1.50. The van der Waals surface area contributed by atoms with Crippen molar-refractivity contribution < 1.29 is 27.0 Å². The molecule has 0 saturated carbocycles.